The highest BCUT2D eigenvalue weighted by Gasteiger charge is 2.15. The molecular weight excluding hydrogens is 256 g/mol. The first-order valence-electron chi connectivity index (χ1n) is 5.87. The zero-order valence-corrected chi connectivity index (χ0v) is 10.5. The number of aliphatic carboxylic acids is 1. The number of likely N-dealkylation sites (N-methyl/N-ethyl adjacent to an activating group) is 1. The van der Waals surface area contributed by atoms with E-state index >= 15 is 0 Å². The molecule has 4 nitrogen and oxygen atoms in total. The van der Waals surface area contributed by atoms with Crippen LogP contribution in [0.2, 0.25) is 0 Å². The van der Waals surface area contributed by atoms with Gasteiger partial charge in [-0.1, -0.05) is 0 Å². The fraction of sp³-hybridized carbons (Fsp3) is 0.385. The van der Waals surface area contributed by atoms with Crippen molar-refractivity contribution in [2.75, 3.05) is 13.1 Å². The van der Waals surface area contributed by atoms with Crippen LogP contribution in [-0.4, -0.2) is 35.0 Å². The van der Waals surface area contributed by atoms with Gasteiger partial charge in [-0.15, -0.1) is 0 Å². The zero-order chi connectivity index (χ0) is 14.4. The van der Waals surface area contributed by atoms with Crippen molar-refractivity contribution in [3.8, 4) is 0 Å². The molecule has 0 aliphatic carbocycles. The molecule has 0 aliphatic heterocycles. The van der Waals surface area contributed by atoms with Crippen molar-refractivity contribution in [3.63, 3.8) is 0 Å². The van der Waals surface area contributed by atoms with E-state index in [9.17, 15) is 18.4 Å². The lowest BCUT2D eigenvalue weighted by atomic mass is 10.1. The largest absolute Gasteiger partial charge is 0.480 e. The molecule has 0 fully saturated rings. The Morgan fingerprint density at radius 2 is 2.00 bits per heavy atom. The molecule has 0 saturated heterocycles. The summed E-state index contributed by atoms with van der Waals surface area (Å²) in [6.07, 6.45) is -0.0139. The Balaban J connectivity index is 2.62. The highest BCUT2D eigenvalue weighted by atomic mass is 19.1. The van der Waals surface area contributed by atoms with Crippen molar-refractivity contribution < 1.29 is 23.5 Å². The number of carboxylic acids is 1. The third-order valence-electron chi connectivity index (χ3n) is 2.68. The minimum Gasteiger partial charge on any atom is -0.480 e. The number of carboxylic acid groups (broad SMARTS) is 1. The van der Waals surface area contributed by atoms with Crippen LogP contribution in [0.15, 0.2) is 18.2 Å². The number of rotatable bonds is 6. The molecule has 1 amide bonds. The molecule has 0 atom stereocenters. The number of hydrogen-bond donors (Lipinski definition) is 1. The van der Waals surface area contributed by atoms with Gasteiger partial charge < -0.3 is 10.0 Å². The summed E-state index contributed by atoms with van der Waals surface area (Å²) in [6, 6.07) is 3.05. The van der Waals surface area contributed by atoms with E-state index in [1.165, 1.54) is 0 Å². The quantitative estimate of drug-likeness (QED) is 0.858. The van der Waals surface area contributed by atoms with Gasteiger partial charge in [0.25, 0.3) is 0 Å². The third kappa shape index (κ3) is 4.65. The van der Waals surface area contributed by atoms with Crippen molar-refractivity contribution in [2.24, 2.45) is 0 Å². The van der Waals surface area contributed by atoms with Gasteiger partial charge in [0.05, 0.1) is 0 Å². The fourth-order valence-corrected chi connectivity index (χ4v) is 1.67. The first-order valence-corrected chi connectivity index (χ1v) is 5.87. The monoisotopic (exact) mass is 271 g/mol. The van der Waals surface area contributed by atoms with E-state index in [0.29, 0.717) is 0 Å². The van der Waals surface area contributed by atoms with Gasteiger partial charge in [-0.05, 0) is 37.1 Å². The van der Waals surface area contributed by atoms with Crippen LogP contribution in [0.5, 0.6) is 0 Å². The zero-order valence-electron chi connectivity index (χ0n) is 10.5. The summed E-state index contributed by atoms with van der Waals surface area (Å²) in [7, 11) is 0. The predicted octanol–water partition coefficient (Wildman–Crippen LogP) is 1.83. The van der Waals surface area contributed by atoms with Gasteiger partial charge in [-0.25, -0.2) is 8.78 Å². The molecule has 19 heavy (non-hydrogen) atoms. The summed E-state index contributed by atoms with van der Waals surface area (Å²) >= 11 is 0. The second-order valence-corrected chi connectivity index (χ2v) is 4.04. The maximum Gasteiger partial charge on any atom is 0.323 e. The van der Waals surface area contributed by atoms with E-state index in [1.807, 2.05) is 0 Å². The van der Waals surface area contributed by atoms with Gasteiger partial charge >= 0.3 is 5.97 Å². The molecule has 0 heterocycles. The summed E-state index contributed by atoms with van der Waals surface area (Å²) < 4.78 is 26.3. The minimum absolute atomic E-state index is 0.0402. The van der Waals surface area contributed by atoms with Crippen molar-refractivity contribution in [3.05, 3.63) is 35.4 Å². The van der Waals surface area contributed by atoms with Gasteiger partial charge in [0.1, 0.15) is 18.2 Å². The first-order chi connectivity index (χ1) is 8.93. The van der Waals surface area contributed by atoms with E-state index in [-0.39, 0.29) is 31.5 Å². The summed E-state index contributed by atoms with van der Waals surface area (Å²) in [6.45, 7) is 1.53. The number of benzene rings is 1. The predicted molar refractivity (Wildman–Crippen MR) is 64.6 cm³/mol. The van der Waals surface area contributed by atoms with Gasteiger partial charge in [0.2, 0.25) is 5.91 Å². The molecular formula is C13H15F2NO3. The summed E-state index contributed by atoms with van der Waals surface area (Å²) in [5, 5.41) is 8.63. The number of halogens is 2. The molecule has 0 aliphatic rings. The Labute approximate surface area is 109 Å². The topological polar surface area (TPSA) is 57.6 Å². The Kier molecular flexibility index (Phi) is 5.41. The number of nitrogens with zero attached hydrogens (tertiary/aromatic N) is 1. The molecule has 0 spiro atoms. The van der Waals surface area contributed by atoms with Gasteiger partial charge in [0, 0.05) is 13.0 Å². The summed E-state index contributed by atoms with van der Waals surface area (Å²) in [5.41, 5.74) is 0.111. The number of carbonyl (C=O) groups excluding carboxylic acids is 1. The molecule has 1 N–H and O–H groups in total. The van der Waals surface area contributed by atoms with Gasteiger partial charge in [-0.3, -0.25) is 9.59 Å². The number of carbonyl (C=O) groups is 2. The molecule has 0 aromatic heterocycles. The highest BCUT2D eigenvalue weighted by molar-refractivity contribution is 5.81. The smallest absolute Gasteiger partial charge is 0.323 e. The van der Waals surface area contributed by atoms with E-state index in [4.69, 9.17) is 5.11 Å². The van der Waals surface area contributed by atoms with Crippen molar-refractivity contribution in [2.45, 2.75) is 19.8 Å². The Bertz CT molecular complexity index is 477. The lowest BCUT2D eigenvalue weighted by Crippen LogP contribution is -2.35. The molecule has 0 bridgehead atoms. The fourth-order valence-electron chi connectivity index (χ4n) is 1.67. The van der Waals surface area contributed by atoms with Gasteiger partial charge in [-0.2, -0.15) is 0 Å². The van der Waals surface area contributed by atoms with E-state index in [1.54, 1.807) is 6.92 Å². The third-order valence-corrected chi connectivity index (χ3v) is 2.68. The van der Waals surface area contributed by atoms with Crippen LogP contribution >= 0.6 is 0 Å². The second kappa shape index (κ2) is 6.82. The molecule has 0 unspecified atom stereocenters. The number of aryl methyl sites for hydroxylation is 1. The molecule has 6 heteroatoms. The Hall–Kier alpha value is -1.98. The van der Waals surface area contributed by atoms with Crippen LogP contribution in [0, 0.1) is 11.6 Å². The Morgan fingerprint density at radius 3 is 2.58 bits per heavy atom. The van der Waals surface area contributed by atoms with Crippen LogP contribution in [0.3, 0.4) is 0 Å². The van der Waals surface area contributed by atoms with E-state index < -0.39 is 23.5 Å². The average Bonchev–Trinajstić information content (AvgIpc) is 2.36. The maximum atomic E-state index is 13.3. The van der Waals surface area contributed by atoms with Crippen LogP contribution in [0.4, 0.5) is 8.78 Å². The molecule has 0 saturated carbocycles. The Morgan fingerprint density at radius 1 is 1.32 bits per heavy atom. The SMILES string of the molecule is CCN(CC(=O)O)C(=O)CCc1cc(F)ccc1F. The standard InChI is InChI=1S/C13H15F2NO3/c1-2-16(8-13(18)19)12(17)6-3-9-7-10(14)4-5-11(9)15/h4-5,7H,2-3,6,8H2,1H3,(H,18,19). The van der Waals surface area contributed by atoms with Crippen LogP contribution < -0.4 is 0 Å². The first kappa shape index (κ1) is 15.1. The molecule has 0 radical (unpaired) electrons. The normalized spacial score (nSPS) is 10.3. The number of hydrogen-bond acceptors (Lipinski definition) is 2. The lowest BCUT2D eigenvalue weighted by Gasteiger charge is -2.18. The van der Waals surface area contributed by atoms with E-state index in [2.05, 4.69) is 0 Å². The van der Waals surface area contributed by atoms with Gasteiger partial charge in [0.15, 0.2) is 0 Å². The molecule has 1 aromatic rings. The van der Waals surface area contributed by atoms with Crippen LogP contribution in [0.1, 0.15) is 18.9 Å². The average molecular weight is 271 g/mol. The molecule has 1 aromatic carbocycles. The summed E-state index contributed by atoms with van der Waals surface area (Å²) in [5.74, 6) is -2.64. The highest BCUT2D eigenvalue weighted by Crippen LogP contribution is 2.12. The number of amides is 1. The minimum atomic E-state index is -1.10. The van der Waals surface area contributed by atoms with Crippen molar-refractivity contribution >= 4 is 11.9 Å². The lowest BCUT2D eigenvalue weighted by molar-refractivity contribution is -0.144. The molecule has 1 rings (SSSR count). The maximum absolute atomic E-state index is 13.3. The second-order valence-electron chi connectivity index (χ2n) is 4.04. The van der Waals surface area contributed by atoms with Crippen LogP contribution in [-0.2, 0) is 16.0 Å². The van der Waals surface area contributed by atoms with Crippen LogP contribution in [0.25, 0.3) is 0 Å². The summed E-state index contributed by atoms with van der Waals surface area (Å²) in [4.78, 5) is 23.4. The van der Waals surface area contributed by atoms with Crippen molar-refractivity contribution in [1.29, 1.82) is 0 Å². The van der Waals surface area contributed by atoms with Crippen molar-refractivity contribution in [1.82, 2.24) is 4.90 Å². The molecule has 104 valence electrons. The van der Waals surface area contributed by atoms with E-state index in [0.717, 1.165) is 23.1 Å².